The van der Waals surface area contributed by atoms with Gasteiger partial charge in [0.15, 0.2) is 5.96 Å². The molecule has 1 saturated carbocycles. The summed E-state index contributed by atoms with van der Waals surface area (Å²) >= 11 is 0. The van der Waals surface area contributed by atoms with Gasteiger partial charge in [-0.3, -0.25) is 29.0 Å². The number of aliphatic carboxylic acids is 1. The Kier molecular flexibility index (Phi) is 13.9. The number of nitrogens with zero attached hydrogens (tertiary/aromatic N) is 3. The third kappa shape index (κ3) is 9.56. The Morgan fingerprint density at radius 2 is 1.65 bits per heavy atom. The fraction of sp³-hybridized carbons (Fsp3) is 0.629. The average molecular weight is 728 g/mol. The van der Waals surface area contributed by atoms with Crippen LogP contribution in [-0.2, 0) is 41.7 Å². The molecule has 0 bridgehead atoms. The van der Waals surface area contributed by atoms with Crippen molar-refractivity contribution in [1.29, 1.82) is 0 Å². The van der Waals surface area contributed by atoms with Gasteiger partial charge in [-0.25, -0.2) is 4.79 Å². The molecular formula is C35H53N9O8. The zero-order valence-corrected chi connectivity index (χ0v) is 29.8. The van der Waals surface area contributed by atoms with Crippen LogP contribution in [0.15, 0.2) is 29.3 Å². The molecule has 2 heterocycles. The predicted molar refractivity (Wildman–Crippen MR) is 190 cm³/mol. The zero-order valence-electron chi connectivity index (χ0n) is 29.8. The summed E-state index contributed by atoms with van der Waals surface area (Å²) in [6.07, 6.45) is 4.41. The van der Waals surface area contributed by atoms with E-state index in [1.807, 2.05) is 24.3 Å². The molecule has 3 aliphatic rings. The molecule has 52 heavy (non-hydrogen) atoms. The van der Waals surface area contributed by atoms with Gasteiger partial charge >= 0.3 is 5.97 Å². The Balaban J connectivity index is 1.60. The number of nitrogens with one attached hydrogen (secondary N) is 3. The second-order valence-electron chi connectivity index (χ2n) is 13.9. The second kappa shape index (κ2) is 18.1. The summed E-state index contributed by atoms with van der Waals surface area (Å²) in [5.41, 5.74) is 18.1. The highest BCUT2D eigenvalue weighted by molar-refractivity contribution is 5.97. The molecule has 0 aromatic heterocycles. The van der Waals surface area contributed by atoms with Gasteiger partial charge in [0, 0.05) is 25.6 Å². The molecule has 8 atom stereocenters. The largest absolute Gasteiger partial charge is 0.480 e. The fourth-order valence-electron chi connectivity index (χ4n) is 7.44. The van der Waals surface area contributed by atoms with Crippen LogP contribution in [-0.4, -0.2) is 117 Å². The number of aliphatic hydroxyl groups excluding tert-OH is 1. The molecule has 17 nitrogen and oxygen atoms in total. The number of nitrogens with two attached hydrogens (primary N) is 3. The summed E-state index contributed by atoms with van der Waals surface area (Å²) in [5.74, 6) is -4.37. The summed E-state index contributed by atoms with van der Waals surface area (Å²) < 4.78 is 0. The normalized spacial score (nSPS) is 23.2. The van der Waals surface area contributed by atoms with Crippen molar-refractivity contribution in [3.05, 3.63) is 35.4 Å². The van der Waals surface area contributed by atoms with Crippen molar-refractivity contribution in [3.63, 3.8) is 0 Å². The van der Waals surface area contributed by atoms with Gasteiger partial charge in [0.2, 0.25) is 29.5 Å². The number of likely N-dealkylation sites (tertiary alicyclic amines) is 1. The van der Waals surface area contributed by atoms with Crippen molar-refractivity contribution < 1.29 is 39.0 Å². The smallest absolute Gasteiger partial charge is 0.326 e. The van der Waals surface area contributed by atoms with E-state index >= 15 is 0 Å². The first-order chi connectivity index (χ1) is 24.8. The first kappa shape index (κ1) is 40.0. The van der Waals surface area contributed by atoms with Crippen molar-refractivity contribution in [2.75, 3.05) is 13.2 Å². The van der Waals surface area contributed by atoms with E-state index in [0.29, 0.717) is 25.7 Å². The summed E-state index contributed by atoms with van der Waals surface area (Å²) in [6.45, 7) is 2.56. The van der Waals surface area contributed by atoms with E-state index in [-0.39, 0.29) is 43.9 Å². The topological polar surface area (TPSA) is 276 Å². The zero-order chi connectivity index (χ0) is 38.1. The Morgan fingerprint density at radius 1 is 0.962 bits per heavy atom. The Labute approximate surface area is 303 Å². The van der Waals surface area contributed by atoms with Gasteiger partial charge in [0.1, 0.15) is 30.2 Å². The van der Waals surface area contributed by atoms with E-state index in [4.69, 9.17) is 17.2 Å². The number of carbonyl (C=O) groups is 6. The molecule has 286 valence electrons. The van der Waals surface area contributed by atoms with Gasteiger partial charge in [0.05, 0.1) is 12.6 Å². The van der Waals surface area contributed by atoms with Crippen LogP contribution in [0.2, 0.25) is 0 Å². The third-order valence-corrected chi connectivity index (χ3v) is 10.3. The maximum atomic E-state index is 14.8. The van der Waals surface area contributed by atoms with Crippen LogP contribution in [0.1, 0.15) is 76.3 Å². The summed E-state index contributed by atoms with van der Waals surface area (Å²) in [5, 5.41) is 27.9. The summed E-state index contributed by atoms with van der Waals surface area (Å²) in [7, 11) is 0. The highest BCUT2D eigenvalue weighted by atomic mass is 16.4. The lowest BCUT2D eigenvalue weighted by molar-refractivity contribution is -0.153. The number of hydrogen-bond acceptors (Lipinski definition) is 9. The molecule has 5 amide bonds. The fourth-order valence-corrected chi connectivity index (χ4v) is 7.44. The molecule has 4 rings (SSSR count). The number of rotatable bonds is 15. The molecule has 1 aromatic rings. The highest BCUT2D eigenvalue weighted by Gasteiger charge is 2.51. The number of aliphatic hydroxyl groups is 1. The van der Waals surface area contributed by atoms with Crippen LogP contribution in [0.4, 0.5) is 0 Å². The van der Waals surface area contributed by atoms with E-state index in [9.17, 15) is 39.0 Å². The molecular weight excluding hydrogens is 674 g/mol. The maximum Gasteiger partial charge on any atom is 0.326 e. The van der Waals surface area contributed by atoms with Gasteiger partial charge in [-0.1, -0.05) is 44.0 Å². The first-order valence-electron chi connectivity index (χ1n) is 18.0. The number of carbonyl (C=O) groups excluding carboxylic acids is 5. The van der Waals surface area contributed by atoms with Crippen LogP contribution in [0.3, 0.4) is 0 Å². The van der Waals surface area contributed by atoms with Gasteiger partial charge < -0.3 is 53.2 Å². The number of guanidine groups is 1. The maximum absolute atomic E-state index is 14.8. The lowest BCUT2D eigenvalue weighted by atomic mass is 9.84. The Hall–Kier alpha value is -4.77. The van der Waals surface area contributed by atoms with E-state index in [1.54, 1.807) is 11.8 Å². The molecule has 0 unspecified atom stereocenters. The molecule has 2 fully saturated rings. The van der Waals surface area contributed by atoms with Gasteiger partial charge in [-0.2, -0.15) is 0 Å². The average Bonchev–Trinajstić information content (AvgIpc) is 3.53. The SMILES string of the molecule is CC[C@H](N)C(=O)N[C@@H](C)C(=O)N[C@@H](CO)C(=O)N1Cc2ccccc2C[C@@H]1C(=O)N1[C@H](C(=O)N[C@@H](CCCN=C(N)N)C(=O)O)C[C@@H]2CCCC[C@@H]21. The number of benzene rings is 1. The van der Waals surface area contributed by atoms with Gasteiger partial charge in [0.25, 0.3) is 0 Å². The molecule has 1 aliphatic carbocycles. The molecule has 0 radical (unpaired) electrons. The molecule has 1 saturated heterocycles. The van der Waals surface area contributed by atoms with E-state index in [0.717, 1.165) is 30.4 Å². The summed E-state index contributed by atoms with van der Waals surface area (Å²) in [4.78, 5) is 87.2. The van der Waals surface area contributed by atoms with Crippen molar-refractivity contribution in [3.8, 4) is 0 Å². The first-order valence-corrected chi connectivity index (χ1v) is 18.0. The Morgan fingerprint density at radius 3 is 2.31 bits per heavy atom. The van der Waals surface area contributed by atoms with Crippen molar-refractivity contribution in [2.24, 2.45) is 28.1 Å². The van der Waals surface area contributed by atoms with Crippen molar-refractivity contribution in [1.82, 2.24) is 25.8 Å². The third-order valence-electron chi connectivity index (χ3n) is 10.3. The molecule has 11 N–H and O–H groups in total. The van der Waals surface area contributed by atoms with Crippen LogP contribution in [0, 0.1) is 5.92 Å². The molecule has 17 heteroatoms. The number of hydrogen-bond donors (Lipinski definition) is 8. The van der Waals surface area contributed by atoms with Crippen LogP contribution in [0.25, 0.3) is 0 Å². The van der Waals surface area contributed by atoms with Crippen molar-refractivity contribution in [2.45, 2.75) is 120 Å². The van der Waals surface area contributed by atoms with E-state index in [1.165, 1.54) is 11.8 Å². The quantitative estimate of drug-likeness (QED) is 0.0581. The lowest BCUT2D eigenvalue weighted by Gasteiger charge is -2.42. The number of amides is 5. The summed E-state index contributed by atoms with van der Waals surface area (Å²) in [6, 6.07) is 0.426. The van der Waals surface area contributed by atoms with Crippen LogP contribution >= 0.6 is 0 Å². The molecule has 2 aliphatic heterocycles. The van der Waals surface area contributed by atoms with E-state index < -0.39 is 78.4 Å². The van der Waals surface area contributed by atoms with Gasteiger partial charge in [-0.05, 0) is 62.5 Å². The van der Waals surface area contributed by atoms with Gasteiger partial charge in [-0.15, -0.1) is 0 Å². The highest BCUT2D eigenvalue weighted by Crippen LogP contribution is 2.41. The monoisotopic (exact) mass is 727 g/mol. The lowest BCUT2D eigenvalue weighted by Crippen LogP contribution is -2.62. The number of aliphatic imine (C=N–C) groups is 1. The number of carboxylic acids is 1. The minimum atomic E-state index is -1.44. The number of fused-ring (bicyclic) bond motifs is 2. The Bertz CT molecular complexity index is 1520. The van der Waals surface area contributed by atoms with Crippen molar-refractivity contribution >= 4 is 41.5 Å². The minimum Gasteiger partial charge on any atom is -0.480 e. The minimum absolute atomic E-state index is 0.00507. The second-order valence-corrected chi connectivity index (χ2v) is 13.9. The van der Waals surface area contributed by atoms with Crippen LogP contribution < -0.4 is 33.2 Å². The molecule has 0 spiro atoms. The number of carboxylic acid groups (broad SMARTS) is 1. The van der Waals surface area contributed by atoms with E-state index in [2.05, 4.69) is 20.9 Å². The molecule has 1 aromatic carbocycles. The predicted octanol–water partition coefficient (Wildman–Crippen LogP) is -1.56. The van der Waals surface area contributed by atoms with Crippen LogP contribution in [0.5, 0.6) is 0 Å². The standard InChI is InChI=1S/C35H53N9O8/c1-3-23(36)30(47)40-19(2)29(46)42-25(18-45)32(49)43-17-22-11-5-4-9-20(22)15-28(43)33(50)44-26-13-7-6-10-21(26)16-27(44)31(48)41-24(34(51)52)12-8-14-39-35(37)38/h4-5,9,11,19,21,23-28,45H,3,6-8,10,12-18,36H2,1-2H3,(H,40,47)(H,41,48)(H,42,46)(H,51,52)(H4,37,38,39)/t19-,21-,23-,24-,25-,26-,27-,28+/m0/s1.